The molecule has 0 atom stereocenters. The number of amides is 1. The summed E-state index contributed by atoms with van der Waals surface area (Å²) >= 11 is 0. The second kappa shape index (κ2) is 10.6. The Balaban J connectivity index is 2.02. The van der Waals surface area contributed by atoms with Crippen molar-refractivity contribution in [3.8, 4) is 0 Å². The number of benzene rings is 1. The van der Waals surface area contributed by atoms with Gasteiger partial charge in [0.25, 0.3) is 0 Å². The summed E-state index contributed by atoms with van der Waals surface area (Å²) in [6.45, 7) is 12.2. The van der Waals surface area contributed by atoms with E-state index < -0.39 is 0 Å². The Morgan fingerprint density at radius 3 is 2.62 bits per heavy atom. The van der Waals surface area contributed by atoms with Gasteiger partial charge in [-0.15, -0.1) is 0 Å². The van der Waals surface area contributed by atoms with Gasteiger partial charge in [-0.25, -0.2) is 4.99 Å². The average molecular weight is 399 g/mol. The number of aryl methyl sites for hydroxylation is 2. The van der Waals surface area contributed by atoms with Gasteiger partial charge in [0.15, 0.2) is 5.96 Å². The molecule has 1 amide bonds. The third-order valence-electron chi connectivity index (χ3n) is 4.66. The summed E-state index contributed by atoms with van der Waals surface area (Å²) < 4.78 is 1.90. The molecular weight excluding hydrogens is 364 g/mol. The van der Waals surface area contributed by atoms with Crippen LogP contribution >= 0.6 is 0 Å². The maximum atomic E-state index is 12.0. The molecule has 0 fully saturated rings. The normalized spacial score (nSPS) is 11.6. The van der Waals surface area contributed by atoms with Crippen LogP contribution < -0.4 is 16.0 Å². The molecule has 2 rings (SSSR count). The van der Waals surface area contributed by atoms with Gasteiger partial charge in [0, 0.05) is 43.5 Å². The zero-order valence-electron chi connectivity index (χ0n) is 18.5. The number of nitrogens with zero attached hydrogens (tertiary/aromatic N) is 3. The summed E-state index contributed by atoms with van der Waals surface area (Å²) in [5, 5.41) is 14.1. The van der Waals surface area contributed by atoms with Crippen LogP contribution in [0.3, 0.4) is 0 Å². The molecule has 0 unspecified atom stereocenters. The molecule has 0 saturated carbocycles. The summed E-state index contributed by atoms with van der Waals surface area (Å²) in [7, 11) is 1.96. The number of anilines is 1. The zero-order chi connectivity index (χ0) is 21.4. The van der Waals surface area contributed by atoms with Crippen molar-refractivity contribution in [1.29, 1.82) is 0 Å². The maximum absolute atomic E-state index is 12.0. The fourth-order valence-corrected chi connectivity index (χ4v) is 3.09. The Hall–Kier alpha value is -2.83. The average Bonchev–Trinajstić information content (AvgIpc) is 2.89. The molecule has 0 aliphatic heterocycles. The van der Waals surface area contributed by atoms with Crippen LogP contribution in [-0.4, -0.2) is 28.2 Å². The smallest absolute Gasteiger partial charge is 0.224 e. The minimum Gasteiger partial charge on any atom is -0.357 e. The predicted molar refractivity (Wildman–Crippen MR) is 119 cm³/mol. The van der Waals surface area contributed by atoms with Crippen LogP contribution in [-0.2, 0) is 24.9 Å². The number of aliphatic imine (C=N–C) groups is 1. The van der Waals surface area contributed by atoms with E-state index in [2.05, 4.69) is 33.0 Å². The van der Waals surface area contributed by atoms with Crippen LogP contribution in [0, 0.1) is 19.8 Å². The van der Waals surface area contributed by atoms with E-state index in [1.54, 1.807) is 0 Å². The summed E-state index contributed by atoms with van der Waals surface area (Å²) in [5.41, 5.74) is 5.21. The van der Waals surface area contributed by atoms with Gasteiger partial charge < -0.3 is 16.0 Å². The lowest BCUT2D eigenvalue weighted by atomic mass is 10.1. The van der Waals surface area contributed by atoms with Gasteiger partial charge in [0.2, 0.25) is 5.91 Å². The molecule has 1 aromatic heterocycles. The molecule has 0 radical (unpaired) electrons. The Kier molecular flexibility index (Phi) is 8.24. The minimum absolute atomic E-state index is 0.0397. The summed E-state index contributed by atoms with van der Waals surface area (Å²) in [6.07, 6.45) is 0.518. The molecule has 0 saturated heterocycles. The van der Waals surface area contributed by atoms with Gasteiger partial charge in [-0.1, -0.05) is 26.0 Å². The Morgan fingerprint density at radius 2 is 2.00 bits per heavy atom. The highest BCUT2D eigenvalue weighted by atomic mass is 16.1. The first-order chi connectivity index (χ1) is 13.8. The van der Waals surface area contributed by atoms with Gasteiger partial charge in [-0.3, -0.25) is 9.48 Å². The van der Waals surface area contributed by atoms with Crippen LogP contribution in [0.4, 0.5) is 5.69 Å². The van der Waals surface area contributed by atoms with E-state index >= 15 is 0 Å². The van der Waals surface area contributed by atoms with E-state index in [0.717, 1.165) is 35.1 Å². The first-order valence-electron chi connectivity index (χ1n) is 10.2. The molecule has 0 aliphatic rings. The molecule has 158 valence electrons. The highest BCUT2D eigenvalue weighted by Crippen LogP contribution is 2.14. The van der Waals surface area contributed by atoms with Crippen molar-refractivity contribution in [2.75, 3.05) is 11.9 Å². The first kappa shape index (κ1) is 22.5. The summed E-state index contributed by atoms with van der Waals surface area (Å²) in [5.74, 6) is 1.13. The molecule has 7 nitrogen and oxygen atoms in total. The predicted octanol–water partition coefficient (Wildman–Crippen LogP) is 3.28. The number of hydrogen-bond acceptors (Lipinski definition) is 3. The largest absolute Gasteiger partial charge is 0.357 e. The molecule has 0 bridgehead atoms. The van der Waals surface area contributed by atoms with E-state index in [1.165, 1.54) is 5.56 Å². The second-order valence-electron chi connectivity index (χ2n) is 7.67. The molecule has 2 aromatic rings. The number of hydrogen-bond donors (Lipinski definition) is 3. The summed E-state index contributed by atoms with van der Waals surface area (Å²) in [6, 6.07) is 7.84. The number of guanidine groups is 1. The third-order valence-corrected chi connectivity index (χ3v) is 4.66. The topological polar surface area (TPSA) is 83.3 Å². The lowest BCUT2D eigenvalue weighted by Gasteiger charge is -2.12. The van der Waals surface area contributed by atoms with E-state index in [4.69, 9.17) is 0 Å². The number of carbonyl (C=O) groups is 1. The Bertz CT molecular complexity index is 853. The van der Waals surface area contributed by atoms with Crippen LogP contribution in [0.2, 0.25) is 0 Å². The summed E-state index contributed by atoms with van der Waals surface area (Å²) in [4.78, 5) is 16.7. The fourth-order valence-electron chi connectivity index (χ4n) is 3.09. The standard InChI is InChI=1S/C22H34N6O/c1-7-23-22(25-14-20-16(4)27-28(6)17(20)5)24-13-18-9-8-10-19(12-18)26-21(29)11-15(2)3/h8-10,12,15H,7,11,13-14H2,1-6H3,(H,26,29)(H2,23,24,25). The molecule has 1 aromatic carbocycles. The molecule has 3 N–H and O–H groups in total. The first-order valence-corrected chi connectivity index (χ1v) is 10.2. The van der Waals surface area contributed by atoms with Gasteiger partial charge in [-0.05, 0) is 44.4 Å². The highest BCUT2D eigenvalue weighted by molar-refractivity contribution is 5.90. The van der Waals surface area contributed by atoms with E-state index in [9.17, 15) is 4.79 Å². The second-order valence-corrected chi connectivity index (χ2v) is 7.67. The fraction of sp³-hybridized carbons (Fsp3) is 0.500. The quantitative estimate of drug-likeness (QED) is 0.471. The number of rotatable bonds is 8. The third kappa shape index (κ3) is 6.93. The van der Waals surface area contributed by atoms with Gasteiger partial charge in [0.05, 0.1) is 12.2 Å². The Morgan fingerprint density at radius 1 is 1.24 bits per heavy atom. The molecule has 0 spiro atoms. The highest BCUT2D eigenvalue weighted by Gasteiger charge is 2.10. The van der Waals surface area contributed by atoms with Crippen molar-refractivity contribution in [1.82, 2.24) is 20.4 Å². The van der Waals surface area contributed by atoms with Crippen molar-refractivity contribution in [2.45, 2.75) is 54.1 Å². The van der Waals surface area contributed by atoms with Crippen LogP contribution in [0.25, 0.3) is 0 Å². The van der Waals surface area contributed by atoms with E-state index in [1.807, 2.05) is 63.7 Å². The SMILES string of the molecule is CCNC(=NCc1cccc(NC(=O)CC(C)C)c1)NCc1c(C)nn(C)c1C. The molecule has 0 aliphatic carbocycles. The maximum Gasteiger partial charge on any atom is 0.224 e. The van der Waals surface area contributed by atoms with E-state index in [0.29, 0.717) is 25.4 Å². The van der Waals surface area contributed by atoms with Gasteiger partial charge in [-0.2, -0.15) is 5.10 Å². The van der Waals surface area contributed by atoms with Crippen LogP contribution in [0.5, 0.6) is 0 Å². The number of nitrogens with one attached hydrogen (secondary N) is 3. The molecule has 7 heteroatoms. The van der Waals surface area contributed by atoms with Crippen molar-refractivity contribution >= 4 is 17.6 Å². The van der Waals surface area contributed by atoms with Crippen molar-refractivity contribution in [3.05, 3.63) is 46.8 Å². The van der Waals surface area contributed by atoms with E-state index in [-0.39, 0.29) is 5.91 Å². The minimum atomic E-state index is 0.0397. The van der Waals surface area contributed by atoms with Crippen LogP contribution in [0.15, 0.2) is 29.3 Å². The van der Waals surface area contributed by atoms with Crippen LogP contribution in [0.1, 0.15) is 49.7 Å². The molecule has 29 heavy (non-hydrogen) atoms. The monoisotopic (exact) mass is 398 g/mol. The van der Waals surface area contributed by atoms with Gasteiger partial charge in [0.1, 0.15) is 0 Å². The van der Waals surface area contributed by atoms with Gasteiger partial charge >= 0.3 is 0 Å². The van der Waals surface area contributed by atoms with Crippen molar-refractivity contribution in [2.24, 2.45) is 18.0 Å². The number of carbonyl (C=O) groups excluding carboxylic acids is 1. The number of aromatic nitrogens is 2. The Labute approximate surface area is 174 Å². The molecular formula is C22H34N6O. The lowest BCUT2D eigenvalue weighted by Crippen LogP contribution is -2.37. The molecule has 1 heterocycles. The zero-order valence-corrected chi connectivity index (χ0v) is 18.5. The van der Waals surface area contributed by atoms with Crippen molar-refractivity contribution in [3.63, 3.8) is 0 Å². The van der Waals surface area contributed by atoms with Crippen molar-refractivity contribution < 1.29 is 4.79 Å². The lowest BCUT2D eigenvalue weighted by molar-refractivity contribution is -0.116.